The lowest BCUT2D eigenvalue weighted by Gasteiger charge is -2.07. The van der Waals surface area contributed by atoms with Crippen LogP contribution in [0.1, 0.15) is 11.4 Å². The van der Waals surface area contributed by atoms with Crippen molar-refractivity contribution in [1.29, 1.82) is 0 Å². The van der Waals surface area contributed by atoms with Crippen LogP contribution in [0.5, 0.6) is 0 Å². The molecule has 2 heterocycles. The maximum Gasteiger partial charge on any atom is 0.234 e. The Morgan fingerprint density at radius 2 is 1.96 bits per heavy atom. The highest BCUT2D eigenvalue weighted by atomic mass is 35.5. The molecule has 0 bridgehead atoms. The predicted molar refractivity (Wildman–Crippen MR) is 103 cm³/mol. The van der Waals surface area contributed by atoms with Gasteiger partial charge < -0.3 is 9.88 Å². The predicted octanol–water partition coefficient (Wildman–Crippen LogP) is 3.22. The van der Waals surface area contributed by atoms with E-state index in [0.29, 0.717) is 16.0 Å². The number of carbonyl (C=O) groups is 1. The molecule has 0 spiro atoms. The minimum atomic E-state index is -0.114. The van der Waals surface area contributed by atoms with Crippen LogP contribution >= 0.6 is 23.4 Å². The molecule has 0 saturated heterocycles. The van der Waals surface area contributed by atoms with Gasteiger partial charge in [0.2, 0.25) is 5.91 Å². The minimum absolute atomic E-state index is 0.114. The molecule has 9 heteroatoms. The third kappa shape index (κ3) is 3.61. The van der Waals surface area contributed by atoms with E-state index in [1.54, 1.807) is 4.68 Å². The van der Waals surface area contributed by atoms with Gasteiger partial charge in [-0.3, -0.25) is 9.48 Å². The largest absolute Gasteiger partial charge is 0.322 e. The van der Waals surface area contributed by atoms with E-state index < -0.39 is 0 Å². The molecule has 0 atom stereocenters. The van der Waals surface area contributed by atoms with E-state index in [0.717, 1.165) is 22.6 Å². The number of carbonyl (C=O) groups excluding carboxylic acids is 1. The zero-order valence-electron chi connectivity index (χ0n) is 14.9. The maximum atomic E-state index is 12.3. The summed E-state index contributed by atoms with van der Waals surface area (Å²) in [5.74, 6) is 0.774. The van der Waals surface area contributed by atoms with Gasteiger partial charge in [0.15, 0.2) is 11.0 Å². The Labute approximate surface area is 160 Å². The molecule has 0 radical (unpaired) electrons. The average molecular weight is 391 g/mol. The molecule has 3 aromatic rings. The number of nitrogens with one attached hydrogen (secondary N) is 1. The standard InChI is InChI=1S/C17H19ClN6OS/c1-10-15(11(2)24(4)22-10)19-14(25)9-26-17-21-20-16(23(17)3)12-7-5-6-8-13(12)18/h5-8H,9H2,1-4H3,(H,19,25). The van der Waals surface area contributed by atoms with E-state index in [1.807, 2.05) is 56.8 Å². The van der Waals surface area contributed by atoms with Crippen molar-refractivity contribution in [3.05, 3.63) is 40.7 Å². The van der Waals surface area contributed by atoms with Crippen molar-refractivity contribution in [2.24, 2.45) is 14.1 Å². The van der Waals surface area contributed by atoms with Crippen molar-refractivity contribution in [2.75, 3.05) is 11.1 Å². The first kappa shape index (κ1) is 18.5. The van der Waals surface area contributed by atoms with Gasteiger partial charge in [0.25, 0.3) is 0 Å². The Kier molecular flexibility index (Phi) is 5.33. The zero-order chi connectivity index (χ0) is 18.8. The number of benzene rings is 1. The Hall–Kier alpha value is -2.32. The van der Waals surface area contributed by atoms with Gasteiger partial charge in [0.05, 0.1) is 27.9 Å². The molecule has 136 valence electrons. The monoisotopic (exact) mass is 390 g/mol. The van der Waals surface area contributed by atoms with Gasteiger partial charge in [0, 0.05) is 19.7 Å². The normalized spacial score (nSPS) is 11.0. The number of anilines is 1. The second-order valence-electron chi connectivity index (χ2n) is 5.85. The van der Waals surface area contributed by atoms with E-state index >= 15 is 0 Å². The summed E-state index contributed by atoms with van der Waals surface area (Å²) >= 11 is 7.55. The Balaban J connectivity index is 1.69. The van der Waals surface area contributed by atoms with Crippen LogP contribution in [0.15, 0.2) is 29.4 Å². The topological polar surface area (TPSA) is 77.6 Å². The number of amides is 1. The van der Waals surface area contributed by atoms with Crippen LogP contribution < -0.4 is 5.32 Å². The van der Waals surface area contributed by atoms with Crippen molar-refractivity contribution in [3.8, 4) is 11.4 Å². The van der Waals surface area contributed by atoms with E-state index in [9.17, 15) is 4.79 Å². The van der Waals surface area contributed by atoms with Crippen LogP contribution in [0.3, 0.4) is 0 Å². The van der Waals surface area contributed by atoms with Gasteiger partial charge in [-0.05, 0) is 26.0 Å². The lowest BCUT2D eigenvalue weighted by atomic mass is 10.2. The smallest absolute Gasteiger partial charge is 0.234 e. The SMILES string of the molecule is Cc1nn(C)c(C)c1NC(=O)CSc1nnc(-c2ccccc2Cl)n1C. The van der Waals surface area contributed by atoms with Crippen molar-refractivity contribution >= 4 is 35.0 Å². The van der Waals surface area contributed by atoms with Gasteiger partial charge >= 0.3 is 0 Å². The summed E-state index contributed by atoms with van der Waals surface area (Å²) in [4.78, 5) is 12.3. The number of nitrogens with zero attached hydrogens (tertiary/aromatic N) is 5. The van der Waals surface area contributed by atoms with Gasteiger partial charge in [-0.2, -0.15) is 5.10 Å². The second kappa shape index (κ2) is 7.51. The Bertz CT molecular complexity index is 964. The number of rotatable bonds is 5. The molecule has 0 fully saturated rings. The number of aromatic nitrogens is 5. The van der Waals surface area contributed by atoms with Gasteiger partial charge in [-0.25, -0.2) is 0 Å². The van der Waals surface area contributed by atoms with Crippen LogP contribution in [0.2, 0.25) is 5.02 Å². The number of aryl methyl sites for hydroxylation is 2. The highest BCUT2D eigenvalue weighted by Crippen LogP contribution is 2.28. The molecule has 2 aromatic heterocycles. The summed E-state index contributed by atoms with van der Waals surface area (Å²) in [6.07, 6.45) is 0. The lowest BCUT2D eigenvalue weighted by molar-refractivity contribution is -0.113. The quantitative estimate of drug-likeness (QED) is 0.677. The molecule has 0 aliphatic rings. The van der Waals surface area contributed by atoms with Gasteiger partial charge in [-0.1, -0.05) is 35.5 Å². The third-order valence-corrected chi connectivity index (χ3v) is 5.41. The fraction of sp³-hybridized carbons (Fsp3) is 0.294. The minimum Gasteiger partial charge on any atom is -0.322 e. The number of thioether (sulfide) groups is 1. The first-order valence-corrected chi connectivity index (χ1v) is 9.32. The van der Waals surface area contributed by atoms with Crippen LogP contribution in [-0.2, 0) is 18.9 Å². The summed E-state index contributed by atoms with van der Waals surface area (Å²) in [5.41, 5.74) is 3.28. The summed E-state index contributed by atoms with van der Waals surface area (Å²) < 4.78 is 3.58. The van der Waals surface area contributed by atoms with E-state index in [-0.39, 0.29) is 11.7 Å². The fourth-order valence-electron chi connectivity index (χ4n) is 2.58. The van der Waals surface area contributed by atoms with Crippen molar-refractivity contribution in [1.82, 2.24) is 24.5 Å². The highest BCUT2D eigenvalue weighted by Gasteiger charge is 2.16. The number of halogens is 1. The zero-order valence-corrected chi connectivity index (χ0v) is 16.5. The number of hydrogen-bond acceptors (Lipinski definition) is 5. The van der Waals surface area contributed by atoms with Gasteiger partial charge in [0.1, 0.15) is 0 Å². The third-order valence-electron chi connectivity index (χ3n) is 4.06. The van der Waals surface area contributed by atoms with Crippen molar-refractivity contribution in [3.63, 3.8) is 0 Å². The van der Waals surface area contributed by atoms with E-state index in [2.05, 4.69) is 20.6 Å². The van der Waals surface area contributed by atoms with Crippen molar-refractivity contribution in [2.45, 2.75) is 19.0 Å². The summed E-state index contributed by atoms with van der Waals surface area (Å²) in [5, 5.41) is 16.8. The molecule has 0 saturated carbocycles. The molecular formula is C17H19ClN6OS. The Morgan fingerprint density at radius 1 is 1.23 bits per heavy atom. The van der Waals surface area contributed by atoms with E-state index in [4.69, 9.17) is 11.6 Å². The lowest BCUT2D eigenvalue weighted by Crippen LogP contribution is -2.15. The van der Waals surface area contributed by atoms with Crippen molar-refractivity contribution < 1.29 is 4.79 Å². The van der Waals surface area contributed by atoms with Crippen LogP contribution in [0.25, 0.3) is 11.4 Å². The second-order valence-corrected chi connectivity index (χ2v) is 7.20. The average Bonchev–Trinajstić information content (AvgIpc) is 3.08. The van der Waals surface area contributed by atoms with Crippen LogP contribution in [0, 0.1) is 13.8 Å². The molecule has 0 aliphatic heterocycles. The van der Waals surface area contributed by atoms with Crippen LogP contribution in [0.4, 0.5) is 5.69 Å². The molecule has 1 N–H and O–H groups in total. The molecule has 1 aromatic carbocycles. The molecule has 26 heavy (non-hydrogen) atoms. The Morgan fingerprint density at radius 3 is 2.62 bits per heavy atom. The summed E-state index contributed by atoms with van der Waals surface area (Å²) in [6.45, 7) is 3.79. The molecule has 0 unspecified atom stereocenters. The molecule has 0 aliphatic carbocycles. The molecule has 7 nitrogen and oxygen atoms in total. The fourth-order valence-corrected chi connectivity index (χ4v) is 3.51. The number of hydrogen-bond donors (Lipinski definition) is 1. The molecular weight excluding hydrogens is 372 g/mol. The van der Waals surface area contributed by atoms with Crippen LogP contribution in [-0.4, -0.2) is 36.2 Å². The highest BCUT2D eigenvalue weighted by molar-refractivity contribution is 7.99. The molecule has 3 rings (SSSR count). The first-order valence-electron chi connectivity index (χ1n) is 7.95. The maximum absolute atomic E-state index is 12.3. The molecule has 1 amide bonds. The summed E-state index contributed by atoms with van der Waals surface area (Å²) in [7, 11) is 3.71. The first-order chi connectivity index (χ1) is 12.4. The van der Waals surface area contributed by atoms with E-state index in [1.165, 1.54) is 11.8 Å². The van der Waals surface area contributed by atoms with Gasteiger partial charge in [-0.15, -0.1) is 10.2 Å². The summed E-state index contributed by atoms with van der Waals surface area (Å²) in [6, 6.07) is 7.46.